The molecule has 0 aromatic carbocycles. The lowest BCUT2D eigenvalue weighted by atomic mass is 9.72. The molecular formula is C12H14F10. The first-order chi connectivity index (χ1) is 9.69. The van der Waals surface area contributed by atoms with E-state index in [1.165, 1.54) is 0 Å². The summed E-state index contributed by atoms with van der Waals surface area (Å²) in [5, 5.41) is 0. The van der Waals surface area contributed by atoms with Gasteiger partial charge in [-0.15, -0.1) is 0 Å². The van der Waals surface area contributed by atoms with Gasteiger partial charge in [0.25, 0.3) is 0 Å². The maximum atomic E-state index is 13.4. The molecule has 0 atom stereocenters. The molecule has 1 fully saturated rings. The van der Waals surface area contributed by atoms with E-state index in [4.69, 9.17) is 0 Å². The molecule has 0 aliphatic heterocycles. The van der Waals surface area contributed by atoms with Crippen LogP contribution in [0.2, 0.25) is 0 Å². The van der Waals surface area contributed by atoms with Crippen molar-refractivity contribution in [2.24, 2.45) is 5.92 Å². The van der Waals surface area contributed by atoms with Crippen molar-refractivity contribution in [3.8, 4) is 0 Å². The molecule has 1 aliphatic rings. The van der Waals surface area contributed by atoms with E-state index in [-0.39, 0.29) is 6.42 Å². The predicted octanol–water partition coefficient (Wildman–Crippen LogP) is 5.76. The van der Waals surface area contributed by atoms with Crippen molar-refractivity contribution in [1.82, 2.24) is 0 Å². The van der Waals surface area contributed by atoms with Gasteiger partial charge in [0.15, 0.2) is 0 Å². The smallest absolute Gasteiger partial charge is 0.199 e. The van der Waals surface area contributed by atoms with E-state index < -0.39 is 48.4 Å². The number of unbranched alkanes of at least 4 members (excludes halogenated alkanes) is 3. The normalized spacial score (nSPS) is 28.5. The maximum absolute atomic E-state index is 13.4. The van der Waals surface area contributed by atoms with Gasteiger partial charge in [0.2, 0.25) is 0 Å². The van der Waals surface area contributed by atoms with Gasteiger partial charge in [-0.05, 0) is 6.42 Å². The maximum Gasteiger partial charge on any atom is 0.384 e. The highest BCUT2D eigenvalue weighted by molar-refractivity contribution is 5.18. The zero-order chi connectivity index (χ0) is 17.6. The Kier molecular flexibility index (Phi) is 4.78. The fourth-order valence-corrected chi connectivity index (χ4v) is 2.42. The SMILES string of the molecule is CCCCCCC1C(F)(F)C(F)(F)C(F)(F)C(F)(F)C1(F)F. The van der Waals surface area contributed by atoms with E-state index in [1.54, 1.807) is 6.92 Å². The fraction of sp³-hybridized carbons (Fsp3) is 1.00. The van der Waals surface area contributed by atoms with E-state index in [0.717, 1.165) is 0 Å². The number of halogens is 10. The van der Waals surface area contributed by atoms with Crippen LogP contribution in [0.3, 0.4) is 0 Å². The van der Waals surface area contributed by atoms with E-state index >= 15 is 0 Å². The Bertz CT molecular complexity index is 371. The quantitative estimate of drug-likeness (QED) is 0.437. The minimum absolute atomic E-state index is 0.0622. The summed E-state index contributed by atoms with van der Waals surface area (Å²) in [6.07, 6.45) is -0.885. The highest BCUT2D eigenvalue weighted by Gasteiger charge is 2.94. The van der Waals surface area contributed by atoms with Gasteiger partial charge in [-0.1, -0.05) is 32.6 Å². The van der Waals surface area contributed by atoms with Crippen LogP contribution in [0.5, 0.6) is 0 Å². The number of alkyl halides is 10. The van der Waals surface area contributed by atoms with Crippen LogP contribution in [0.4, 0.5) is 43.9 Å². The van der Waals surface area contributed by atoms with Crippen LogP contribution >= 0.6 is 0 Å². The molecule has 0 N–H and O–H groups in total. The molecule has 0 heterocycles. The minimum atomic E-state index is -6.85. The summed E-state index contributed by atoms with van der Waals surface area (Å²) in [6.45, 7) is 1.67. The molecule has 0 saturated heterocycles. The summed E-state index contributed by atoms with van der Waals surface area (Å²) in [5.41, 5.74) is 0. The van der Waals surface area contributed by atoms with Gasteiger partial charge in [-0.3, -0.25) is 0 Å². The third-order valence-corrected chi connectivity index (χ3v) is 3.85. The second-order valence-electron chi connectivity index (χ2n) is 5.37. The molecule has 0 bridgehead atoms. The third-order valence-electron chi connectivity index (χ3n) is 3.85. The van der Waals surface area contributed by atoms with E-state index in [0.29, 0.717) is 12.8 Å². The average molecular weight is 348 g/mol. The molecule has 1 rings (SSSR count). The Morgan fingerprint density at radius 2 is 1.00 bits per heavy atom. The summed E-state index contributed by atoms with van der Waals surface area (Å²) >= 11 is 0. The predicted molar refractivity (Wildman–Crippen MR) is 57.0 cm³/mol. The lowest BCUT2D eigenvalue weighted by molar-refractivity contribution is -0.464. The molecule has 0 radical (unpaired) electrons. The Morgan fingerprint density at radius 3 is 1.36 bits per heavy atom. The molecule has 0 amide bonds. The van der Waals surface area contributed by atoms with E-state index in [2.05, 4.69) is 0 Å². The van der Waals surface area contributed by atoms with Crippen LogP contribution in [-0.4, -0.2) is 29.6 Å². The molecular weight excluding hydrogens is 334 g/mol. The summed E-state index contributed by atoms with van der Waals surface area (Å²) < 4.78 is 132. The molecule has 0 spiro atoms. The molecule has 10 heteroatoms. The van der Waals surface area contributed by atoms with Crippen molar-refractivity contribution in [3.63, 3.8) is 0 Å². The van der Waals surface area contributed by atoms with Crippen molar-refractivity contribution in [2.45, 2.75) is 68.6 Å². The topological polar surface area (TPSA) is 0 Å². The van der Waals surface area contributed by atoms with Gasteiger partial charge >= 0.3 is 29.6 Å². The largest absolute Gasteiger partial charge is 0.384 e. The Morgan fingerprint density at radius 1 is 0.591 bits per heavy atom. The first-order valence-corrected chi connectivity index (χ1v) is 6.58. The summed E-state index contributed by atoms with van der Waals surface area (Å²) in [6, 6.07) is 0. The Balaban J connectivity index is 3.24. The van der Waals surface area contributed by atoms with E-state index in [1.807, 2.05) is 0 Å². The highest BCUT2D eigenvalue weighted by atomic mass is 19.4. The van der Waals surface area contributed by atoms with Crippen LogP contribution in [0.25, 0.3) is 0 Å². The van der Waals surface area contributed by atoms with Gasteiger partial charge in [-0.25, -0.2) is 0 Å². The van der Waals surface area contributed by atoms with Crippen LogP contribution in [0, 0.1) is 5.92 Å². The lowest BCUT2D eigenvalue weighted by Crippen LogP contribution is -2.77. The molecule has 0 unspecified atom stereocenters. The van der Waals surface area contributed by atoms with E-state index in [9.17, 15) is 43.9 Å². The van der Waals surface area contributed by atoms with Gasteiger partial charge in [0.05, 0.1) is 5.92 Å². The summed E-state index contributed by atoms with van der Waals surface area (Å²) in [7, 11) is 0. The first-order valence-electron chi connectivity index (χ1n) is 6.58. The van der Waals surface area contributed by atoms with Crippen LogP contribution in [0.1, 0.15) is 39.0 Å². The second kappa shape index (κ2) is 5.43. The monoisotopic (exact) mass is 348 g/mol. The van der Waals surface area contributed by atoms with Crippen LogP contribution < -0.4 is 0 Å². The first kappa shape index (κ1) is 19.3. The number of rotatable bonds is 5. The molecule has 22 heavy (non-hydrogen) atoms. The summed E-state index contributed by atoms with van der Waals surface area (Å²) in [5.74, 6) is -35.8. The van der Waals surface area contributed by atoms with Crippen molar-refractivity contribution in [1.29, 1.82) is 0 Å². The molecule has 0 aromatic rings. The van der Waals surface area contributed by atoms with Crippen molar-refractivity contribution in [3.05, 3.63) is 0 Å². The minimum Gasteiger partial charge on any atom is -0.199 e. The van der Waals surface area contributed by atoms with Crippen molar-refractivity contribution in [2.75, 3.05) is 0 Å². The van der Waals surface area contributed by atoms with Crippen molar-refractivity contribution >= 4 is 0 Å². The van der Waals surface area contributed by atoms with Crippen LogP contribution in [-0.2, 0) is 0 Å². The third kappa shape index (κ3) is 2.28. The zero-order valence-electron chi connectivity index (χ0n) is 11.4. The standard InChI is InChI=1S/C12H14F10/c1-2-3-4-5-6-7-8(13,14)10(17,18)12(21,22)11(19,20)9(7,15)16/h7H,2-6H2,1H3. The van der Waals surface area contributed by atoms with Crippen LogP contribution in [0.15, 0.2) is 0 Å². The van der Waals surface area contributed by atoms with Gasteiger partial charge < -0.3 is 0 Å². The molecule has 0 aromatic heterocycles. The Hall–Kier alpha value is -0.700. The molecule has 1 aliphatic carbocycles. The Labute approximate surface area is 119 Å². The van der Waals surface area contributed by atoms with Gasteiger partial charge in [0.1, 0.15) is 0 Å². The zero-order valence-corrected chi connectivity index (χ0v) is 11.4. The molecule has 132 valence electrons. The lowest BCUT2D eigenvalue weighted by Gasteiger charge is -2.49. The second-order valence-corrected chi connectivity index (χ2v) is 5.37. The average Bonchev–Trinajstić information content (AvgIpc) is 2.36. The van der Waals surface area contributed by atoms with Crippen molar-refractivity contribution < 1.29 is 43.9 Å². The highest BCUT2D eigenvalue weighted by Crippen LogP contribution is 2.67. The fourth-order valence-electron chi connectivity index (χ4n) is 2.42. The van der Waals surface area contributed by atoms with Gasteiger partial charge in [-0.2, -0.15) is 43.9 Å². The molecule has 0 nitrogen and oxygen atoms in total. The number of hydrogen-bond acceptors (Lipinski definition) is 0. The number of hydrogen-bond donors (Lipinski definition) is 0. The van der Waals surface area contributed by atoms with Gasteiger partial charge in [0, 0.05) is 0 Å². The molecule has 1 saturated carbocycles. The summed E-state index contributed by atoms with van der Waals surface area (Å²) in [4.78, 5) is 0.